The summed E-state index contributed by atoms with van der Waals surface area (Å²) in [7, 11) is -0.556. The van der Waals surface area contributed by atoms with Crippen LogP contribution in [0.5, 0.6) is 11.5 Å². The van der Waals surface area contributed by atoms with Gasteiger partial charge in [0.25, 0.3) is 5.91 Å². The van der Waals surface area contributed by atoms with E-state index >= 15 is 0 Å². The van der Waals surface area contributed by atoms with Crippen LogP contribution in [0.25, 0.3) is 0 Å². The highest BCUT2D eigenvalue weighted by Crippen LogP contribution is 2.28. The molecule has 0 bridgehead atoms. The molecule has 0 radical (unpaired) electrons. The molecule has 2 aromatic rings. The predicted molar refractivity (Wildman–Crippen MR) is 105 cm³/mol. The molecular formula is C19H24N2O5S. The molecule has 0 aromatic heterocycles. The standard InChI is InChI=1S/C19H24N2O5S/c1-14-7-5-8-15(13-14)21(27(4,23)24)12-11-20-19(22)18-16(25-2)9-6-10-17(18)26-3/h5-10,13H,11-12H2,1-4H3,(H,20,22). The highest BCUT2D eigenvalue weighted by atomic mass is 32.2. The fourth-order valence-electron chi connectivity index (χ4n) is 2.70. The van der Waals surface area contributed by atoms with Crippen LogP contribution in [0.2, 0.25) is 0 Å². The molecule has 2 aromatic carbocycles. The van der Waals surface area contributed by atoms with Crippen molar-refractivity contribution in [3.63, 3.8) is 0 Å². The molecular weight excluding hydrogens is 368 g/mol. The summed E-state index contributed by atoms with van der Waals surface area (Å²) in [4.78, 5) is 12.6. The number of carbonyl (C=O) groups excluding carboxylic acids is 1. The number of aryl methyl sites for hydroxylation is 1. The molecule has 27 heavy (non-hydrogen) atoms. The maximum absolute atomic E-state index is 12.6. The minimum atomic E-state index is -3.49. The molecule has 0 atom stereocenters. The highest BCUT2D eigenvalue weighted by Gasteiger charge is 2.20. The van der Waals surface area contributed by atoms with E-state index in [0.717, 1.165) is 11.8 Å². The van der Waals surface area contributed by atoms with Gasteiger partial charge in [-0.3, -0.25) is 9.10 Å². The summed E-state index contributed by atoms with van der Waals surface area (Å²) in [6, 6.07) is 12.2. The summed E-state index contributed by atoms with van der Waals surface area (Å²) in [5.41, 5.74) is 1.77. The molecule has 0 fully saturated rings. The molecule has 0 saturated carbocycles. The smallest absolute Gasteiger partial charge is 0.258 e. The molecule has 0 aliphatic heterocycles. The van der Waals surface area contributed by atoms with Crippen LogP contribution in [-0.2, 0) is 10.0 Å². The van der Waals surface area contributed by atoms with Gasteiger partial charge < -0.3 is 14.8 Å². The van der Waals surface area contributed by atoms with E-state index < -0.39 is 15.9 Å². The van der Waals surface area contributed by atoms with Gasteiger partial charge in [0.05, 0.1) is 32.7 Å². The molecule has 0 aliphatic rings. The summed E-state index contributed by atoms with van der Waals surface area (Å²) in [5.74, 6) is 0.359. The lowest BCUT2D eigenvalue weighted by Gasteiger charge is -2.23. The lowest BCUT2D eigenvalue weighted by atomic mass is 10.1. The Labute approximate surface area is 160 Å². The Morgan fingerprint density at radius 1 is 1.07 bits per heavy atom. The largest absolute Gasteiger partial charge is 0.496 e. The van der Waals surface area contributed by atoms with Crippen molar-refractivity contribution >= 4 is 21.6 Å². The normalized spacial score (nSPS) is 11.0. The van der Waals surface area contributed by atoms with E-state index in [1.54, 1.807) is 36.4 Å². The van der Waals surface area contributed by atoms with Gasteiger partial charge in [0.15, 0.2) is 0 Å². The van der Waals surface area contributed by atoms with Crippen LogP contribution >= 0.6 is 0 Å². The molecule has 0 spiro atoms. The Balaban J connectivity index is 2.15. The maximum atomic E-state index is 12.6. The van der Waals surface area contributed by atoms with Gasteiger partial charge in [-0.1, -0.05) is 18.2 Å². The molecule has 0 unspecified atom stereocenters. The van der Waals surface area contributed by atoms with Gasteiger partial charge in [0, 0.05) is 6.54 Å². The Kier molecular flexibility index (Phi) is 6.68. The van der Waals surface area contributed by atoms with Gasteiger partial charge in [0.1, 0.15) is 17.1 Å². The third kappa shape index (κ3) is 5.13. The third-order valence-electron chi connectivity index (χ3n) is 3.95. The van der Waals surface area contributed by atoms with Crippen LogP contribution in [-0.4, -0.2) is 47.9 Å². The first-order valence-electron chi connectivity index (χ1n) is 8.31. The van der Waals surface area contributed by atoms with Gasteiger partial charge in [-0.05, 0) is 36.8 Å². The second-order valence-corrected chi connectivity index (χ2v) is 7.87. The molecule has 8 heteroatoms. The lowest BCUT2D eigenvalue weighted by Crippen LogP contribution is -2.38. The average Bonchev–Trinajstić information content (AvgIpc) is 2.63. The quantitative estimate of drug-likeness (QED) is 0.745. The predicted octanol–water partition coefficient (Wildman–Crippen LogP) is 2.21. The molecule has 146 valence electrons. The van der Waals surface area contributed by atoms with E-state index in [1.807, 2.05) is 13.0 Å². The minimum absolute atomic E-state index is 0.103. The SMILES string of the molecule is COc1cccc(OC)c1C(=O)NCCN(c1cccc(C)c1)S(C)(=O)=O. The monoisotopic (exact) mass is 392 g/mol. The number of rotatable bonds is 8. The summed E-state index contributed by atoms with van der Waals surface area (Å²) >= 11 is 0. The number of ether oxygens (including phenoxy) is 2. The number of anilines is 1. The number of hydrogen-bond acceptors (Lipinski definition) is 5. The fraction of sp³-hybridized carbons (Fsp3) is 0.316. The zero-order valence-electron chi connectivity index (χ0n) is 15.9. The van der Waals surface area contributed by atoms with E-state index in [9.17, 15) is 13.2 Å². The first kappa shape index (κ1) is 20.6. The Bertz CT molecular complexity index is 890. The van der Waals surface area contributed by atoms with Crippen molar-refractivity contribution in [2.75, 3.05) is 37.9 Å². The van der Waals surface area contributed by atoms with Crippen molar-refractivity contribution in [3.05, 3.63) is 53.6 Å². The van der Waals surface area contributed by atoms with Crippen LogP contribution in [0.15, 0.2) is 42.5 Å². The number of methoxy groups -OCH3 is 2. The summed E-state index contributed by atoms with van der Waals surface area (Å²) < 4.78 is 36.0. The zero-order valence-corrected chi connectivity index (χ0v) is 16.7. The Hall–Kier alpha value is -2.74. The average molecular weight is 392 g/mol. The summed E-state index contributed by atoms with van der Waals surface area (Å²) in [6.45, 7) is 2.12. The maximum Gasteiger partial charge on any atom is 0.258 e. The van der Waals surface area contributed by atoms with Crippen molar-refractivity contribution in [3.8, 4) is 11.5 Å². The minimum Gasteiger partial charge on any atom is -0.496 e. The highest BCUT2D eigenvalue weighted by molar-refractivity contribution is 7.92. The molecule has 1 amide bonds. The third-order valence-corrected chi connectivity index (χ3v) is 5.14. The lowest BCUT2D eigenvalue weighted by molar-refractivity contribution is 0.0948. The molecule has 1 N–H and O–H groups in total. The van der Waals surface area contributed by atoms with Crippen molar-refractivity contribution in [2.45, 2.75) is 6.92 Å². The van der Waals surface area contributed by atoms with Gasteiger partial charge in [-0.25, -0.2) is 8.42 Å². The number of sulfonamides is 1. The van der Waals surface area contributed by atoms with E-state index in [2.05, 4.69) is 5.32 Å². The number of amides is 1. The number of nitrogens with zero attached hydrogens (tertiary/aromatic N) is 1. The van der Waals surface area contributed by atoms with Crippen LogP contribution in [0.4, 0.5) is 5.69 Å². The van der Waals surface area contributed by atoms with Crippen LogP contribution in [0.3, 0.4) is 0 Å². The van der Waals surface area contributed by atoms with E-state index in [4.69, 9.17) is 9.47 Å². The number of nitrogens with one attached hydrogen (secondary N) is 1. The summed E-state index contributed by atoms with van der Waals surface area (Å²) in [6.07, 6.45) is 1.14. The number of hydrogen-bond donors (Lipinski definition) is 1. The second-order valence-electron chi connectivity index (χ2n) is 5.97. The van der Waals surface area contributed by atoms with E-state index in [-0.39, 0.29) is 18.7 Å². The van der Waals surface area contributed by atoms with Gasteiger partial charge in [-0.2, -0.15) is 0 Å². The van der Waals surface area contributed by atoms with Crippen LogP contribution in [0.1, 0.15) is 15.9 Å². The zero-order chi connectivity index (χ0) is 20.0. The first-order valence-corrected chi connectivity index (χ1v) is 10.2. The number of benzene rings is 2. The van der Waals surface area contributed by atoms with E-state index in [0.29, 0.717) is 17.2 Å². The molecule has 2 rings (SSSR count). The van der Waals surface area contributed by atoms with Crippen LogP contribution < -0.4 is 19.1 Å². The summed E-state index contributed by atoms with van der Waals surface area (Å²) in [5, 5.41) is 2.73. The second kappa shape index (κ2) is 8.77. The molecule has 0 aliphatic carbocycles. The fourth-order valence-corrected chi connectivity index (χ4v) is 3.62. The number of carbonyl (C=O) groups is 1. The van der Waals surface area contributed by atoms with Crippen molar-refractivity contribution in [1.29, 1.82) is 0 Å². The van der Waals surface area contributed by atoms with Gasteiger partial charge in [-0.15, -0.1) is 0 Å². The van der Waals surface area contributed by atoms with Gasteiger partial charge in [0.2, 0.25) is 10.0 Å². The van der Waals surface area contributed by atoms with Gasteiger partial charge >= 0.3 is 0 Å². The molecule has 7 nitrogen and oxygen atoms in total. The van der Waals surface area contributed by atoms with Crippen LogP contribution in [0, 0.1) is 6.92 Å². The Morgan fingerprint density at radius 2 is 1.67 bits per heavy atom. The van der Waals surface area contributed by atoms with E-state index in [1.165, 1.54) is 18.5 Å². The van der Waals surface area contributed by atoms with Crippen molar-refractivity contribution < 1.29 is 22.7 Å². The topological polar surface area (TPSA) is 84.9 Å². The van der Waals surface area contributed by atoms with Crippen molar-refractivity contribution in [1.82, 2.24) is 5.32 Å². The molecule has 0 heterocycles. The molecule has 0 saturated heterocycles. The first-order chi connectivity index (χ1) is 12.8. The Morgan fingerprint density at radius 3 is 2.19 bits per heavy atom. The van der Waals surface area contributed by atoms with Crippen molar-refractivity contribution in [2.24, 2.45) is 0 Å².